The van der Waals surface area contributed by atoms with Crippen molar-refractivity contribution in [2.24, 2.45) is 5.92 Å². The molecule has 0 unspecified atom stereocenters. The average Bonchev–Trinajstić information content (AvgIpc) is 3.26. The maximum atomic E-state index is 4.54. The van der Waals surface area contributed by atoms with Crippen LogP contribution in [0.25, 0.3) is 0 Å². The van der Waals surface area contributed by atoms with Crippen LogP contribution >= 0.6 is 11.3 Å². The first-order valence-electron chi connectivity index (χ1n) is 8.80. The van der Waals surface area contributed by atoms with Gasteiger partial charge in [-0.15, -0.1) is 11.3 Å². The Labute approximate surface area is 142 Å². The number of likely N-dealkylation sites (tertiary alicyclic amines) is 1. The van der Waals surface area contributed by atoms with Crippen LogP contribution in [-0.4, -0.2) is 46.5 Å². The summed E-state index contributed by atoms with van der Waals surface area (Å²) >= 11 is 1.72. The van der Waals surface area contributed by atoms with Crippen molar-refractivity contribution in [3.8, 4) is 0 Å². The van der Waals surface area contributed by atoms with E-state index in [2.05, 4.69) is 50.5 Å². The van der Waals surface area contributed by atoms with Gasteiger partial charge in [-0.25, -0.2) is 4.98 Å². The standard InChI is InChI=1S/C19H23N3S/c1-2-4-14(5-3-1)17-11-22(10-16-12-23-13-20-16)18-15-6-8-21(9-7-15)19(17)18/h1-5,12-13,15,17-19H,6-11H2/t17-,18-,19-/m1/s1. The van der Waals surface area contributed by atoms with Crippen molar-refractivity contribution < 1.29 is 0 Å². The number of fused-ring (bicyclic) bond motifs is 2. The van der Waals surface area contributed by atoms with Crippen LogP contribution in [0.1, 0.15) is 30.0 Å². The van der Waals surface area contributed by atoms with Crippen LogP contribution in [0.2, 0.25) is 0 Å². The third kappa shape index (κ3) is 2.35. The molecule has 3 atom stereocenters. The van der Waals surface area contributed by atoms with Crippen molar-refractivity contribution in [1.29, 1.82) is 0 Å². The van der Waals surface area contributed by atoms with Gasteiger partial charge in [0.15, 0.2) is 0 Å². The Morgan fingerprint density at radius 2 is 1.91 bits per heavy atom. The lowest BCUT2D eigenvalue weighted by Crippen LogP contribution is -2.59. The van der Waals surface area contributed by atoms with Crippen LogP contribution in [0.5, 0.6) is 0 Å². The molecule has 2 bridgehead atoms. The minimum atomic E-state index is 0.655. The summed E-state index contributed by atoms with van der Waals surface area (Å²) in [6.07, 6.45) is 2.77. The summed E-state index contributed by atoms with van der Waals surface area (Å²) in [7, 11) is 0. The molecule has 0 amide bonds. The lowest BCUT2D eigenvalue weighted by molar-refractivity contribution is -0.00893. The second-order valence-corrected chi connectivity index (χ2v) is 8.00. The predicted molar refractivity (Wildman–Crippen MR) is 93.6 cm³/mol. The molecular formula is C19H23N3S. The van der Waals surface area contributed by atoms with E-state index in [0.717, 1.165) is 18.5 Å². The number of piperidine rings is 3. The Bertz CT molecular complexity index is 649. The highest BCUT2D eigenvalue weighted by molar-refractivity contribution is 7.07. The Balaban J connectivity index is 1.49. The summed E-state index contributed by atoms with van der Waals surface area (Å²) in [6.45, 7) is 4.82. The van der Waals surface area contributed by atoms with Crippen LogP contribution in [0.15, 0.2) is 41.2 Å². The van der Waals surface area contributed by atoms with E-state index >= 15 is 0 Å². The highest BCUT2D eigenvalue weighted by atomic mass is 32.1. The Morgan fingerprint density at radius 1 is 1.09 bits per heavy atom. The van der Waals surface area contributed by atoms with Gasteiger partial charge >= 0.3 is 0 Å². The van der Waals surface area contributed by atoms with Gasteiger partial charge in [0.25, 0.3) is 0 Å². The monoisotopic (exact) mass is 325 g/mol. The van der Waals surface area contributed by atoms with Gasteiger partial charge in [-0.3, -0.25) is 9.80 Å². The fourth-order valence-corrected chi connectivity index (χ4v) is 5.79. The third-order valence-electron chi connectivity index (χ3n) is 6.17. The Morgan fingerprint density at radius 3 is 2.65 bits per heavy atom. The van der Waals surface area contributed by atoms with Crippen molar-refractivity contribution in [1.82, 2.24) is 14.8 Å². The molecule has 0 N–H and O–H groups in total. The largest absolute Gasteiger partial charge is 0.298 e. The molecule has 1 aromatic carbocycles. The third-order valence-corrected chi connectivity index (χ3v) is 6.81. The fraction of sp³-hybridized carbons (Fsp3) is 0.526. The molecule has 1 aromatic heterocycles. The summed E-state index contributed by atoms with van der Waals surface area (Å²) in [5.41, 5.74) is 4.74. The molecule has 0 radical (unpaired) electrons. The van der Waals surface area contributed by atoms with Crippen molar-refractivity contribution in [3.63, 3.8) is 0 Å². The van der Waals surface area contributed by atoms with Crippen LogP contribution in [-0.2, 0) is 6.54 Å². The van der Waals surface area contributed by atoms with E-state index in [0.29, 0.717) is 12.0 Å². The topological polar surface area (TPSA) is 19.4 Å². The zero-order valence-electron chi connectivity index (χ0n) is 13.3. The predicted octanol–water partition coefficient (Wildman–Crippen LogP) is 3.21. The maximum Gasteiger partial charge on any atom is 0.0795 e. The van der Waals surface area contributed by atoms with E-state index in [-0.39, 0.29) is 0 Å². The number of aromatic nitrogens is 1. The highest BCUT2D eigenvalue weighted by Crippen LogP contribution is 2.46. The molecule has 4 heteroatoms. The van der Waals surface area contributed by atoms with Gasteiger partial charge in [-0.05, 0) is 37.4 Å². The summed E-state index contributed by atoms with van der Waals surface area (Å²) < 4.78 is 0. The van der Waals surface area contributed by atoms with Gasteiger partial charge in [0.1, 0.15) is 0 Å². The molecule has 0 aliphatic carbocycles. The zero-order chi connectivity index (χ0) is 15.2. The molecule has 2 aromatic rings. The van der Waals surface area contributed by atoms with Crippen LogP contribution in [0.4, 0.5) is 0 Å². The van der Waals surface area contributed by atoms with Crippen molar-refractivity contribution in [2.45, 2.75) is 37.4 Å². The van der Waals surface area contributed by atoms with Crippen LogP contribution < -0.4 is 0 Å². The summed E-state index contributed by atoms with van der Waals surface area (Å²) in [6, 6.07) is 12.6. The molecule has 5 heterocycles. The van der Waals surface area contributed by atoms with Crippen molar-refractivity contribution in [2.75, 3.05) is 19.6 Å². The quantitative estimate of drug-likeness (QED) is 0.864. The van der Waals surface area contributed by atoms with E-state index in [1.165, 1.54) is 43.7 Å². The van der Waals surface area contributed by atoms with E-state index in [1.807, 2.05) is 5.51 Å². The Hall–Kier alpha value is -1.23. The van der Waals surface area contributed by atoms with Crippen molar-refractivity contribution >= 4 is 11.3 Å². The molecule has 6 rings (SSSR count). The van der Waals surface area contributed by atoms with Crippen LogP contribution in [0, 0.1) is 5.92 Å². The number of hydrogen-bond donors (Lipinski definition) is 0. The zero-order valence-corrected chi connectivity index (χ0v) is 14.2. The number of thiazole rings is 1. The van der Waals surface area contributed by atoms with Gasteiger partial charge in [0.2, 0.25) is 0 Å². The molecule has 3 nitrogen and oxygen atoms in total. The minimum Gasteiger partial charge on any atom is -0.298 e. The number of benzene rings is 1. The second-order valence-electron chi connectivity index (χ2n) is 7.28. The van der Waals surface area contributed by atoms with Gasteiger partial charge in [-0.2, -0.15) is 0 Å². The van der Waals surface area contributed by atoms with Gasteiger partial charge in [0.05, 0.1) is 11.2 Å². The lowest BCUT2D eigenvalue weighted by Gasteiger charge is -2.51. The van der Waals surface area contributed by atoms with E-state index in [1.54, 1.807) is 11.3 Å². The molecule has 0 spiro atoms. The minimum absolute atomic E-state index is 0.655. The molecule has 4 saturated heterocycles. The number of nitrogens with zero attached hydrogens (tertiary/aromatic N) is 3. The molecular weight excluding hydrogens is 302 g/mol. The first-order chi connectivity index (χ1) is 11.4. The lowest BCUT2D eigenvalue weighted by atomic mass is 9.75. The fourth-order valence-electron chi connectivity index (χ4n) is 5.24. The van der Waals surface area contributed by atoms with Gasteiger partial charge in [0, 0.05) is 36.5 Å². The summed E-state index contributed by atoms with van der Waals surface area (Å²) in [4.78, 5) is 10.1. The van der Waals surface area contributed by atoms with E-state index in [9.17, 15) is 0 Å². The molecule has 4 fully saturated rings. The summed E-state index contributed by atoms with van der Waals surface area (Å²) in [5.74, 6) is 1.54. The molecule has 120 valence electrons. The average molecular weight is 325 g/mol. The maximum absolute atomic E-state index is 4.54. The van der Waals surface area contributed by atoms with E-state index in [4.69, 9.17) is 0 Å². The molecule has 4 aliphatic rings. The molecule has 23 heavy (non-hydrogen) atoms. The van der Waals surface area contributed by atoms with Gasteiger partial charge < -0.3 is 0 Å². The summed E-state index contributed by atoms with van der Waals surface area (Å²) in [5, 5.41) is 2.21. The van der Waals surface area contributed by atoms with Crippen LogP contribution in [0.3, 0.4) is 0 Å². The van der Waals surface area contributed by atoms with Gasteiger partial charge in [-0.1, -0.05) is 30.3 Å². The normalized spacial score (nSPS) is 36.3. The molecule has 0 saturated carbocycles. The van der Waals surface area contributed by atoms with Crippen molar-refractivity contribution in [3.05, 3.63) is 52.5 Å². The number of hydrogen-bond acceptors (Lipinski definition) is 4. The Kier molecular flexibility index (Phi) is 3.50. The molecule has 4 aliphatic heterocycles. The first-order valence-corrected chi connectivity index (χ1v) is 9.74. The SMILES string of the molecule is c1ccc([C@H]2CN(Cc3cscn3)[C@@H]3C4CCN(CC4)[C@H]23)cc1. The smallest absolute Gasteiger partial charge is 0.0795 e. The highest BCUT2D eigenvalue weighted by Gasteiger charge is 2.53. The first kappa shape index (κ1) is 14.1. The second kappa shape index (κ2) is 5.69. The van der Waals surface area contributed by atoms with E-state index < -0.39 is 0 Å². The number of rotatable bonds is 3.